The van der Waals surface area contributed by atoms with Gasteiger partial charge in [-0.3, -0.25) is 14.3 Å². The van der Waals surface area contributed by atoms with Gasteiger partial charge in [-0.25, -0.2) is 4.79 Å². The smallest absolute Gasteiger partial charge is 0.336 e. The molecule has 1 saturated heterocycles. The van der Waals surface area contributed by atoms with Gasteiger partial charge >= 0.3 is 5.63 Å². The number of likely N-dealkylation sites (tertiary alicyclic amines) is 1. The number of nitrogens with zero attached hydrogens (tertiary/aromatic N) is 3. The fraction of sp³-hybridized carbons (Fsp3) is 0.304. The third-order valence-electron chi connectivity index (χ3n) is 6.44. The Morgan fingerprint density at radius 3 is 2.74 bits per heavy atom. The van der Waals surface area contributed by atoms with Crippen LogP contribution in [0.25, 0.3) is 0 Å². The standard InChI is InChI=1S/C23H22N4O4/c1-13-10-18(28)31-14(2)19(13)21(29)27-9-8-23(20(27)15-11-24-26(3)12-15)16-6-4-5-7-17(16)25-22(23)30/h4-7,10-12,20H,8-9H2,1-3H3,(H,25,30). The van der Waals surface area contributed by atoms with Gasteiger partial charge in [0.25, 0.3) is 5.91 Å². The van der Waals surface area contributed by atoms with E-state index in [0.717, 1.165) is 16.8 Å². The Morgan fingerprint density at radius 1 is 1.26 bits per heavy atom. The Hall–Kier alpha value is -3.68. The fourth-order valence-corrected chi connectivity index (χ4v) is 5.17. The van der Waals surface area contributed by atoms with Gasteiger partial charge in [-0.15, -0.1) is 0 Å². The van der Waals surface area contributed by atoms with Crippen molar-refractivity contribution in [2.24, 2.45) is 7.05 Å². The molecule has 3 aromatic rings. The predicted octanol–water partition coefficient (Wildman–Crippen LogP) is 2.47. The maximum atomic E-state index is 13.8. The summed E-state index contributed by atoms with van der Waals surface area (Å²) in [5.74, 6) is -0.107. The number of hydrogen-bond acceptors (Lipinski definition) is 5. The van der Waals surface area contributed by atoms with E-state index in [-0.39, 0.29) is 17.6 Å². The molecule has 2 unspecified atom stereocenters. The van der Waals surface area contributed by atoms with Crippen molar-refractivity contribution in [3.8, 4) is 0 Å². The van der Waals surface area contributed by atoms with Crippen LogP contribution in [0.15, 0.2) is 51.9 Å². The van der Waals surface area contributed by atoms with Crippen LogP contribution >= 0.6 is 0 Å². The maximum absolute atomic E-state index is 13.8. The lowest BCUT2D eigenvalue weighted by Gasteiger charge is -2.33. The number of amides is 2. The number of fused-ring (bicyclic) bond motifs is 2. The van der Waals surface area contributed by atoms with E-state index < -0.39 is 17.1 Å². The van der Waals surface area contributed by atoms with Crippen molar-refractivity contribution in [1.29, 1.82) is 0 Å². The van der Waals surface area contributed by atoms with Crippen molar-refractivity contribution in [3.05, 3.63) is 81.2 Å². The minimum atomic E-state index is -0.910. The highest BCUT2D eigenvalue weighted by molar-refractivity contribution is 6.08. The van der Waals surface area contributed by atoms with E-state index in [9.17, 15) is 14.4 Å². The van der Waals surface area contributed by atoms with Crippen LogP contribution in [-0.2, 0) is 17.3 Å². The first-order valence-electron chi connectivity index (χ1n) is 10.1. The second-order valence-electron chi connectivity index (χ2n) is 8.25. The normalized spacial score (nSPS) is 22.1. The molecule has 0 bridgehead atoms. The molecule has 158 valence electrons. The molecule has 8 heteroatoms. The zero-order valence-electron chi connectivity index (χ0n) is 17.5. The van der Waals surface area contributed by atoms with Gasteiger partial charge in [-0.1, -0.05) is 18.2 Å². The highest BCUT2D eigenvalue weighted by Gasteiger charge is 2.59. The molecule has 4 heterocycles. The van der Waals surface area contributed by atoms with Crippen molar-refractivity contribution in [2.45, 2.75) is 31.7 Å². The van der Waals surface area contributed by atoms with Crippen LogP contribution in [0.4, 0.5) is 5.69 Å². The molecule has 2 aromatic heterocycles. The van der Waals surface area contributed by atoms with Gasteiger partial charge in [0.05, 0.1) is 17.8 Å². The Labute approximate surface area is 178 Å². The van der Waals surface area contributed by atoms with Crippen LogP contribution in [0, 0.1) is 13.8 Å². The van der Waals surface area contributed by atoms with Crippen LogP contribution < -0.4 is 10.9 Å². The molecule has 2 aliphatic heterocycles. The number of nitrogens with one attached hydrogen (secondary N) is 1. The van der Waals surface area contributed by atoms with E-state index in [1.165, 1.54) is 6.07 Å². The summed E-state index contributed by atoms with van der Waals surface area (Å²) in [4.78, 5) is 40.6. The number of aryl methyl sites for hydroxylation is 3. The van der Waals surface area contributed by atoms with E-state index in [1.54, 1.807) is 36.7 Å². The summed E-state index contributed by atoms with van der Waals surface area (Å²) in [5.41, 5.74) is 1.96. The molecule has 0 saturated carbocycles. The molecule has 0 aliphatic carbocycles. The van der Waals surface area contributed by atoms with Crippen molar-refractivity contribution < 1.29 is 14.0 Å². The number of aromatic nitrogens is 2. The van der Waals surface area contributed by atoms with Crippen molar-refractivity contribution in [3.63, 3.8) is 0 Å². The van der Waals surface area contributed by atoms with Gasteiger partial charge in [0.15, 0.2) is 0 Å². The summed E-state index contributed by atoms with van der Waals surface area (Å²) in [7, 11) is 1.81. The Bertz CT molecular complexity index is 1260. The second-order valence-corrected chi connectivity index (χ2v) is 8.25. The molecule has 2 atom stereocenters. The minimum absolute atomic E-state index is 0.120. The van der Waals surface area contributed by atoms with Gasteiger partial charge in [0.1, 0.15) is 11.2 Å². The molecule has 0 radical (unpaired) electrons. The topological polar surface area (TPSA) is 97.4 Å². The van der Waals surface area contributed by atoms with Crippen LogP contribution in [0.3, 0.4) is 0 Å². The number of carbonyl (C=O) groups excluding carboxylic acids is 2. The summed E-state index contributed by atoms with van der Waals surface area (Å²) in [6.07, 6.45) is 4.03. The van der Waals surface area contributed by atoms with Crippen molar-refractivity contribution in [1.82, 2.24) is 14.7 Å². The quantitative estimate of drug-likeness (QED) is 0.690. The highest BCUT2D eigenvalue weighted by atomic mass is 16.4. The first kappa shape index (κ1) is 19.3. The maximum Gasteiger partial charge on any atom is 0.336 e. The first-order chi connectivity index (χ1) is 14.8. The largest absolute Gasteiger partial charge is 0.427 e. The lowest BCUT2D eigenvalue weighted by Crippen LogP contribution is -2.42. The number of anilines is 1. The van der Waals surface area contributed by atoms with E-state index in [2.05, 4.69) is 10.4 Å². The van der Waals surface area contributed by atoms with Gasteiger partial charge in [0.2, 0.25) is 5.91 Å². The number of para-hydroxylation sites is 1. The summed E-state index contributed by atoms with van der Waals surface area (Å²) in [5, 5.41) is 7.30. The molecular weight excluding hydrogens is 396 g/mol. The Morgan fingerprint density at radius 2 is 2.03 bits per heavy atom. The summed E-state index contributed by atoms with van der Waals surface area (Å²) < 4.78 is 6.88. The van der Waals surface area contributed by atoms with Gasteiger partial charge in [-0.05, 0) is 37.5 Å². The van der Waals surface area contributed by atoms with E-state index >= 15 is 0 Å². The van der Waals surface area contributed by atoms with E-state index in [4.69, 9.17) is 4.42 Å². The lowest BCUT2D eigenvalue weighted by atomic mass is 9.73. The van der Waals surface area contributed by atoms with Crippen molar-refractivity contribution >= 4 is 17.5 Å². The molecule has 1 N–H and O–H groups in total. The summed E-state index contributed by atoms with van der Waals surface area (Å²) in [6.45, 7) is 3.72. The zero-order chi connectivity index (χ0) is 21.9. The number of rotatable bonds is 2. The third-order valence-corrected chi connectivity index (χ3v) is 6.44. The molecule has 8 nitrogen and oxygen atoms in total. The van der Waals surface area contributed by atoms with Crippen molar-refractivity contribution in [2.75, 3.05) is 11.9 Å². The summed E-state index contributed by atoms with van der Waals surface area (Å²) >= 11 is 0. The molecule has 2 aliphatic rings. The van der Waals surface area contributed by atoms with Gasteiger partial charge < -0.3 is 14.6 Å². The van der Waals surface area contributed by atoms with Crippen LogP contribution in [0.2, 0.25) is 0 Å². The summed E-state index contributed by atoms with van der Waals surface area (Å²) in [6, 6.07) is 8.40. The lowest BCUT2D eigenvalue weighted by molar-refractivity contribution is -0.121. The SMILES string of the molecule is Cc1cc(=O)oc(C)c1C(=O)N1CCC2(C(=O)Nc3ccccc32)C1c1cnn(C)c1. The Balaban J connectivity index is 1.69. The molecule has 5 rings (SSSR count). The van der Waals surface area contributed by atoms with Crippen LogP contribution in [0.5, 0.6) is 0 Å². The van der Waals surface area contributed by atoms with Gasteiger partial charge in [-0.2, -0.15) is 5.10 Å². The van der Waals surface area contributed by atoms with E-state index in [0.29, 0.717) is 24.1 Å². The molecule has 2 amide bonds. The average Bonchev–Trinajstić information content (AvgIpc) is 3.38. The minimum Gasteiger partial charge on any atom is -0.427 e. The predicted molar refractivity (Wildman–Crippen MR) is 113 cm³/mol. The van der Waals surface area contributed by atoms with Crippen LogP contribution in [-0.4, -0.2) is 33.0 Å². The third kappa shape index (κ3) is 2.67. The number of carbonyl (C=O) groups is 2. The number of benzene rings is 1. The highest BCUT2D eigenvalue weighted by Crippen LogP contribution is 2.55. The second kappa shape index (κ2) is 6.66. The molecule has 1 fully saturated rings. The molecule has 1 spiro atoms. The average molecular weight is 418 g/mol. The first-order valence-corrected chi connectivity index (χ1v) is 10.1. The molecular formula is C23H22N4O4. The van der Waals surface area contributed by atoms with Gasteiger partial charge in [0, 0.05) is 37.1 Å². The number of hydrogen-bond donors (Lipinski definition) is 1. The van der Waals surface area contributed by atoms with E-state index in [1.807, 2.05) is 30.5 Å². The van der Waals surface area contributed by atoms with Crippen LogP contribution in [0.1, 0.15) is 45.3 Å². The Kier molecular flexibility index (Phi) is 4.15. The molecule has 1 aromatic carbocycles. The molecule has 31 heavy (non-hydrogen) atoms. The monoisotopic (exact) mass is 418 g/mol. The fourth-order valence-electron chi connectivity index (χ4n) is 5.17. The zero-order valence-corrected chi connectivity index (χ0v) is 17.5.